The van der Waals surface area contributed by atoms with E-state index < -0.39 is 0 Å². The number of hydrogen-bond acceptors (Lipinski definition) is 3. The second kappa shape index (κ2) is 6.46. The van der Waals surface area contributed by atoms with Crippen molar-refractivity contribution in [3.8, 4) is 0 Å². The van der Waals surface area contributed by atoms with E-state index in [1.54, 1.807) is 0 Å². The molecule has 19 heavy (non-hydrogen) atoms. The fourth-order valence-electron chi connectivity index (χ4n) is 2.77. The van der Waals surface area contributed by atoms with Gasteiger partial charge in [0.1, 0.15) is 0 Å². The van der Waals surface area contributed by atoms with Gasteiger partial charge in [0.25, 0.3) is 0 Å². The first-order valence-electron chi connectivity index (χ1n) is 6.75. The molecule has 0 spiro atoms. The number of nitrogens with two attached hydrogens (primary N) is 1. The maximum Gasteiger partial charge on any atom is 0.0816 e. The van der Waals surface area contributed by atoms with Gasteiger partial charge in [0.15, 0.2) is 0 Å². The Bertz CT molecular complexity index is 423. The average Bonchev–Trinajstić information content (AvgIpc) is 2.82. The van der Waals surface area contributed by atoms with Gasteiger partial charge in [0, 0.05) is 25.1 Å². The standard InChI is InChI=1S/C15H22N2OS/c1-11-14(8-9-18-11)17(2)10-13(15(16)19)12-6-4-3-5-7-12/h3-7,11,13-14H,8-10H2,1-2H3,(H2,16,19). The fourth-order valence-corrected chi connectivity index (χ4v) is 2.98. The summed E-state index contributed by atoms with van der Waals surface area (Å²) in [4.78, 5) is 2.89. The molecule has 2 N–H and O–H groups in total. The number of nitrogens with zero attached hydrogens (tertiary/aromatic N) is 1. The zero-order valence-electron chi connectivity index (χ0n) is 11.6. The van der Waals surface area contributed by atoms with Crippen LogP contribution in [-0.4, -0.2) is 42.2 Å². The minimum Gasteiger partial charge on any atom is -0.393 e. The van der Waals surface area contributed by atoms with E-state index in [1.165, 1.54) is 5.56 Å². The molecule has 0 amide bonds. The fraction of sp³-hybridized carbons (Fsp3) is 0.533. The molecule has 0 aliphatic carbocycles. The Balaban J connectivity index is 2.07. The zero-order valence-corrected chi connectivity index (χ0v) is 12.4. The van der Waals surface area contributed by atoms with Gasteiger partial charge in [-0.1, -0.05) is 42.5 Å². The van der Waals surface area contributed by atoms with Crippen molar-refractivity contribution in [2.45, 2.75) is 31.4 Å². The van der Waals surface area contributed by atoms with Gasteiger partial charge in [-0.25, -0.2) is 0 Å². The van der Waals surface area contributed by atoms with Crippen molar-refractivity contribution in [3.05, 3.63) is 35.9 Å². The summed E-state index contributed by atoms with van der Waals surface area (Å²) in [6.07, 6.45) is 1.36. The lowest BCUT2D eigenvalue weighted by Crippen LogP contribution is -2.41. The Kier molecular flexibility index (Phi) is 4.91. The van der Waals surface area contributed by atoms with Crippen molar-refractivity contribution in [1.82, 2.24) is 4.90 Å². The summed E-state index contributed by atoms with van der Waals surface area (Å²) in [7, 11) is 2.13. The Morgan fingerprint density at radius 1 is 1.47 bits per heavy atom. The maximum absolute atomic E-state index is 5.92. The molecule has 2 rings (SSSR count). The third kappa shape index (κ3) is 3.53. The quantitative estimate of drug-likeness (QED) is 0.838. The molecule has 3 atom stereocenters. The van der Waals surface area contributed by atoms with Crippen LogP contribution >= 0.6 is 12.2 Å². The van der Waals surface area contributed by atoms with Crippen molar-refractivity contribution >= 4 is 17.2 Å². The monoisotopic (exact) mass is 278 g/mol. The highest BCUT2D eigenvalue weighted by Gasteiger charge is 2.29. The van der Waals surface area contributed by atoms with Gasteiger partial charge in [-0.15, -0.1) is 0 Å². The first kappa shape index (κ1) is 14.4. The molecule has 1 aromatic carbocycles. The average molecular weight is 278 g/mol. The molecular formula is C15H22N2OS. The van der Waals surface area contributed by atoms with E-state index >= 15 is 0 Å². The second-order valence-electron chi connectivity index (χ2n) is 5.24. The maximum atomic E-state index is 5.92. The number of likely N-dealkylation sites (N-methyl/N-ethyl adjacent to an activating group) is 1. The first-order valence-corrected chi connectivity index (χ1v) is 7.16. The largest absolute Gasteiger partial charge is 0.393 e. The van der Waals surface area contributed by atoms with Crippen molar-refractivity contribution in [2.24, 2.45) is 5.73 Å². The Labute approximate surface area is 120 Å². The molecule has 1 aliphatic heterocycles. The predicted molar refractivity (Wildman–Crippen MR) is 82.4 cm³/mol. The molecule has 3 nitrogen and oxygen atoms in total. The van der Waals surface area contributed by atoms with Crippen molar-refractivity contribution < 1.29 is 4.74 Å². The molecule has 0 saturated carbocycles. The van der Waals surface area contributed by atoms with E-state index in [-0.39, 0.29) is 12.0 Å². The Morgan fingerprint density at radius 3 is 2.68 bits per heavy atom. The van der Waals surface area contributed by atoms with Gasteiger partial charge in [-0.05, 0) is 26.0 Å². The van der Waals surface area contributed by atoms with E-state index in [0.29, 0.717) is 11.0 Å². The predicted octanol–water partition coefficient (Wildman–Crippen LogP) is 2.17. The number of thiocarbonyl (C=S) groups is 1. The molecule has 3 unspecified atom stereocenters. The topological polar surface area (TPSA) is 38.5 Å². The van der Waals surface area contributed by atoms with E-state index in [1.807, 2.05) is 18.2 Å². The van der Waals surface area contributed by atoms with E-state index in [2.05, 4.69) is 31.0 Å². The molecule has 1 fully saturated rings. The highest BCUT2D eigenvalue weighted by molar-refractivity contribution is 7.80. The van der Waals surface area contributed by atoms with Crippen LogP contribution in [0.2, 0.25) is 0 Å². The lowest BCUT2D eigenvalue weighted by molar-refractivity contribution is 0.0834. The van der Waals surface area contributed by atoms with E-state index in [4.69, 9.17) is 22.7 Å². The minimum atomic E-state index is 0.106. The normalized spacial score (nSPS) is 24.6. The van der Waals surface area contributed by atoms with Gasteiger partial charge in [-0.3, -0.25) is 4.90 Å². The lowest BCUT2D eigenvalue weighted by Gasteiger charge is -2.30. The van der Waals surface area contributed by atoms with Crippen LogP contribution in [0.3, 0.4) is 0 Å². The van der Waals surface area contributed by atoms with Crippen molar-refractivity contribution in [2.75, 3.05) is 20.2 Å². The van der Waals surface area contributed by atoms with Gasteiger partial charge < -0.3 is 10.5 Å². The smallest absolute Gasteiger partial charge is 0.0816 e. The lowest BCUT2D eigenvalue weighted by atomic mass is 9.97. The van der Waals surface area contributed by atoms with Gasteiger partial charge >= 0.3 is 0 Å². The molecule has 1 aliphatic rings. The van der Waals surface area contributed by atoms with Crippen LogP contribution in [0.1, 0.15) is 24.8 Å². The molecule has 0 radical (unpaired) electrons. The highest BCUT2D eigenvalue weighted by atomic mass is 32.1. The van der Waals surface area contributed by atoms with E-state index in [9.17, 15) is 0 Å². The van der Waals surface area contributed by atoms with Gasteiger partial charge in [-0.2, -0.15) is 0 Å². The SMILES string of the molecule is CC1OCCC1N(C)CC(C(N)=S)c1ccccc1. The van der Waals surface area contributed by atoms with Gasteiger partial charge in [0.2, 0.25) is 0 Å². The van der Waals surface area contributed by atoms with Crippen LogP contribution < -0.4 is 5.73 Å². The molecule has 0 bridgehead atoms. The minimum absolute atomic E-state index is 0.106. The summed E-state index contributed by atoms with van der Waals surface area (Å²) in [5, 5.41) is 0. The molecule has 1 heterocycles. The molecule has 0 aromatic heterocycles. The van der Waals surface area contributed by atoms with Crippen LogP contribution in [0.4, 0.5) is 0 Å². The number of ether oxygens (including phenoxy) is 1. The molecule has 1 saturated heterocycles. The summed E-state index contributed by atoms with van der Waals surface area (Å²) < 4.78 is 5.63. The van der Waals surface area contributed by atoms with Crippen LogP contribution in [0.5, 0.6) is 0 Å². The number of benzene rings is 1. The summed E-state index contributed by atoms with van der Waals surface area (Å²) in [6.45, 7) is 3.82. The number of rotatable bonds is 5. The highest BCUT2D eigenvalue weighted by Crippen LogP contribution is 2.23. The summed E-state index contributed by atoms with van der Waals surface area (Å²) in [5.41, 5.74) is 7.11. The summed E-state index contributed by atoms with van der Waals surface area (Å²) >= 11 is 5.24. The Hall–Kier alpha value is -0.970. The van der Waals surface area contributed by atoms with E-state index in [0.717, 1.165) is 19.6 Å². The molecule has 4 heteroatoms. The molecule has 1 aromatic rings. The summed E-state index contributed by atoms with van der Waals surface area (Å²) in [6, 6.07) is 10.7. The van der Waals surface area contributed by atoms with Crippen LogP contribution in [0.15, 0.2) is 30.3 Å². The second-order valence-corrected chi connectivity index (χ2v) is 5.71. The first-order chi connectivity index (χ1) is 9.09. The molecule has 104 valence electrons. The third-order valence-corrected chi connectivity index (χ3v) is 4.20. The van der Waals surface area contributed by atoms with Gasteiger partial charge in [0.05, 0.1) is 11.1 Å². The van der Waals surface area contributed by atoms with Crippen LogP contribution in [0.25, 0.3) is 0 Å². The van der Waals surface area contributed by atoms with Crippen molar-refractivity contribution in [1.29, 1.82) is 0 Å². The van der Waals surface area contributed by atoms with Crippen molar-refractivity contribution in [3.63, 3.8) is 0 Å². The zero-order chi connectivity index (χ0) is 13.8. The summed E-state index contributed by atoms with van der Waals surface area (Å²) in [5.74, 6) is 0.106. The van der Waals surface area contributed by atoms with Crippen LogP contribution in [0, 0.1) is 0 Å². The molecular weight excluding hydrogens is 256 g/mol. The number of hydrogen-bond donors (Lipinski definition) is 1. The van der Waals surface area contributed by atoms with Crippen LogP contribution in [-0.2, 0) is 4.74 Å². The third-order valence-electron chi connectivity index (χ3n) is 3.92. The Morgan fingerprint density at radius 2 is 2.16 bits per heavy atom.